The average Bonchev–Trinajstić information content (AvgIpc) is 2.91. The van der Waals surface area contributed by atoms with Crippen LogP contribution < -0.4 is 9.64 Å². The van der Waals surface area contributed by atoms with Gasteiger partial charge in [0.15, 0.2) is 5.75 Å². The van der Waals surface area contributed by atoms with Gasteiger partial charge in [-0.2, -0.15) is 0 Å². The molecule has 2 aromatic carbocycles. The number of furan rings is 1. The second-order valence-electron chi connectivity index (χ2n) is 5.63. The highest BCUT2D eigenvalue weighted by Crippen LogP contribution is 2.45. The number of para-hydroxylation sites is 1. The van der Waals surface area contributed by atoms with Crippen molar-refractivity contribution in [2.24, 2.45) is 0 Å². The van der Waals surface area contributed by atoms with Gasteiger partial charge in [0, 0.05) is 11.6 Å². The van der Waals surface area contributed by atoms with E-state index in [9.17, 15) is 0 Å². The van der Waals surface area contributed by atoms with Gasteiger partial charge in [-0.1, -0.05) is 35.9 Å². The molecule has 0 fully saturated rings. The summed E-state index contributed by atoms with van der Waals surface area (Å²) in [7, 11) is 0. The van der Waals surface area contributed by atoms with Crippen LogP contribution >= 0.6 is 0 Å². The van der Waals surface area contributed by atoms with Crippen LogP contribution in [-0.2, 0) is 6.61 Å². The van der Waals surface area contributed by atoms with Gasteiger partial charge in [0.25, 0.3) is 0 Å². The molecule has 0 radical (unpaired) electrons. The summed E-state index contributed by atoms with van der Waals surface area (Å²) in [6, 6.07) is 16.6. The molecule has 110 valence electrons. The number of aryl methyl sites for hydroxylation is 2. The number of nitrogens with zero attached hydrogens (tertiary/aromatic N) is 1. The fourth-order valence-electron chi connectivity index (χ4n) is 2.97. The Kier molecular flexibility index (Phi) is 2.93. The topological polar surface area (TPSA) is 25.6 Å². The maximum absolute atomic E-state index is 5.89. The van der Waals surface area contributed by atoms with Gasteiger partial charge in [0.05, 0.1) is 17.6 Å². The van der Waals surface area contributed by atoms with Gasteiger partial charge in [-0.05, 0) is 31.5 Å². The molecular weight excluding hydrogens is 274 g/mol. The van der Waals surface area contributed by atoms with Gasteiger partial charge >= 0.3 is 0 Å². The average molecular weight is 291 g/mol. The first-order chi connectivity index (χ1) is 10.7. The van der Waals surface area contributed by atoms with Crippen LogP contribution in [0.1, 0.15) is 16.7 Å². The number of fused-ring (bicyclic) bond motifs is 2. The van der Waals surface area contributed by atoms with Crippen molar-refractivity contribution in [2.45, 2.75) is 20.5 Å². The predicted octanol–water partition coefficient (Wildman–Crippen LogP) is 5.26. The Morgan fingerprint density at radius 1 is 0.955 bits per heavy atom. The Morgan fingerprint density at radius 3 is 2.68 bits per heavy atom. The monoisotopic (exact) mass is 291 g/mol. The quantitative estimate of drug-likeness (QED) is 0.611. The van der Waals surface area contributed by atoms with Crippen molar-refractivity contribution in [3.05, 3.63) is 71.5 Å². The normalized spacial score (nSPS) is 13.1. The molecule has 0 spiro atoms. The molecule has 0 amide bonds. The zero-order chi connectivity index (χ0) is 15.1. The summed E-state index contributed by atoms with van der Waals surface area (Å²) in [5.41, 5.74) is 5.82. The van der Waals surface area contributed by atoms with Gasteiger partial charge in [-0.3, -0.25) is 4.90 Å². The largest absolute Gasteiger partial charge is 0.483 e. The first kappa shape index (κ1) is 13.0. The molecule has 0 aliphatic carbocycles. The van der Waals surface area contributed by atoms with E-state index >= 15 is 0 Å². The lowest BCUT2D eigenvalue weighted by molar-refractivity contribution is 0.308. The molecule has 1 aromatic heterocycles. The van der Waals surface area contributed by atoms with Crippen LogP contribution in [0.4, 0.5) is 17.3 Å². The molecule has 22 heavy (non-hydrogen) atoms. The van der Waals surface area contributed by atoms with Gasteiger partial charge in [0.2, 0.25) is 5.88 Å². The van der Waals surface area contributed by atoms with E-state index < -0.39 is 0 Å². The van der Waals surface area contributed by atoms with Crippen molar-refractivity contribution in [3.63, 3.8) is 0 Å². The highest BCUT2D eigenvalue weighted by atomic mass is 16.5. The molecule has 3 aromatic rings. The molecule has 0 N–H and O–H groups in total. The maximum Gasteiger partial charge on any atom is 0.247 e. The summed E-state index contributed by atoms with van der Waals surface area (Å²) in [5, 5.41) is 0. The molecule has 2 heterocycles. The van der Waals surface area contributed by atoms with Crippen molar-refractivity contribution >= 4 is 17.3 Å². The number of ether oxygens (including phenoxy) is 1. The number of benzene rings is 2. The van der Waals surface area contributed by atoms with Gasteiger partial charge in [0.1, 0.15) is 6.61 Å². The van der Waals surface area contributed by atoms with E-state index in [1.807, 2.05) is 18.2 Å². The lowest BCUT2D eigenvalue weighted by Crippen LogP contribution is -2.11. The molecule has 0 saturated heterocycles. The van der Waals surface area contributed by atoms with E-state index in [0.29, 0.717) is 6.61 Å². The standard InChI is InChI=1S/C19H17NO2/c1-13-7-8-16(14(2)11-13)20-17-6-4-3-5-15(17)12-22-18-9-10-21-19(18)20/h3-11H,12H2,1-2H3. The van der Waals surface area contributed by atoms with E-state index in [1.54, 1.807) is 6.26 Å². The van der Waals surface area contributed by atoms with Crippen LogP contribution in [0, 0.1) is 13.8 Å². The van der Waals surface area contributed by atoms with E-state index in [-0.39, 0.29) is 0 Å². The highest BCUT2D eigenvalue weighted by molar-refractivity contribution is 5.81. The lowest BCUT2D eigenvalue weighted by atomic mass is 10.1. The Morgan fingerprint density at radius 2 is 1.82 bits per heavy atom. The second kappa shape index (κ2) is 4.95. The number of hydrogen-bond donors (Lipinski definition) is 0. The van der Waals surface area contributed by atoms with Crippen molar-refractivity contribution in [1.82, 2.24) is 0 Å². The van der Waals surface area contributed by atoms with Crippen molar-refractivity contribution < 1.29 is 9.15 Å². The SMILES string of the molecule is Cc1ccc(N2c3ccccc3COc3ccoc32)c(C)c1. The molecule has 3 nitrogen and oxygen atoms in total. The number of hydrogen-bond acceptors (Lipinski definition) is 3. The minimum atomic E-state index is 0.546. The first-order valence-electron chi connectivity index (χ1n) is 7.39. The fourth-order valence-corrected chi connectivity index (χ4v) is 2.97. The Bertz CT molecular complexity index is 835. The van der Waals surface area contributed by atoms with Crippen LogP contribution in [0.5, 0.6) is 5.75 Å². The highest BCUT2D eigenvalue weighted by Gasteiger charge is 2.26. The van der Waals surface area contributed by atoms with Crippen LogP contribution in [0.2, 0.25) is 0 Å². The van der Waals surface area contributed by atoms with E-state index in [4.69, 9.17) is 9.15 Å². The number of anilines is 3. The Hall–Kier alpha value is -2.68. The van der Waals surface area contributed by atoms with Gasteiger partial charge in [-0.15, -0.1) is 0 Å². The lowest BCUT2D eigenvalue weighted by Gasteiger charge is -2.24. The minimum absolute atomic E-state index is 0.546. The third-order valence-electron chi connectivity index (χ3n) is 4.02. The predicted molar refractivity (Wildman–Crippen MR) is 87.2 cm³/mol. The van der Waals surface area contributed by atoms with Crippen molar-refractivity contribution in [2.75, 3.05) is 4.90 Å². The van der Waals surface area contributed by atoms with Crippen molar-refractivity contribution in [3.8, 4) is 5.75 Å². The third-order valence-corrected chi connectivity index (χ3v) is 4.02. The minimum Gasteiger partial charge on any atom is -0.483 e. The summed E-state index contributed by atoms with van der Waals surface area (Å²) >= 11 is 0. The Balaban J connectivity index is 1.98. The van der Waals surface area contributed by atoms with Gasteiger partial charge < -0.3 is 9.15 Å². The molecule has 3 heteroatoms. The first-order valence-corrected chi connectivity index (χ1v) is 7.39. The van der Waals surface area contributed by atoms with Gasteiger partial charge in [-0.25, -0.2) is 0 Å². The molecule has 0 unspecified atom stereocenters. The zero-order valence-electron chi connectivity index (χ0n) is 12.7. The summed E-state index contributed by atoms with van der Waals surface area (Å²) in [5.74, 6) is 1.51. The molecule has 0 atom stereocenters. The van der Waals surface area contributed by atoms with Crippen LogP contribution in [-0.4, -0.2) is 0 Å². The molecule has 1 aliphatic rings. The van der Waals surface area contributed by atoms with Crippen LogP contribution in [0.25, 0.3) is 0 Å². The van der Waals surface area contributed by atoms with E-state index in [2.05, 4.69) is 49.1 Å². The molecular formula is C19H17NO2. The zero-order valence-corrected chi connectivity index (χ0v) is 12.7. The van der Waals surface area contributed by atoms with E-state index in [0.717, 1.165) is 28.6 Å². The molecule has 0 saturated carbocycles. The van der Waals surface area contributed by atoms with Crippen LogP contribution in [0.15, 0.2) is 59.2 Å². The second-order valence-corrected chi connectivity index (χ2v) is 5.63. The third kappa shape index (κ3) is 1.98. The number of rotatable bonds is 1. The summed E-state index contributed by atoms with van der Waals surface area (Å²) in [6.45, 7) is 4.78. The summed E-state index contributed by atoms with van der Waals surface area (Å²) in [4.78, 5) is 2.15. The van der Waals surface area contributed by atoms with E-state index in [1.165, 1.54) is 11.1 Å². The molecule has 0 bridgehead atoms. The Labute approximate surface area is 129 Å². The smallest absolute Gasteiger partial charge is 0.247 e. The molecule has 4 rings (SSSR count). The maximum atomic E-state index is 5.89. The summed E-state index contributed by atoms with van der Waals surface area (Å²) < 4.78 is 11.6. The molecule has 1 aliphatic heterocycles. The van der Waals surface area contributed by atoms with Crippen LogP contribution in [0.3, 0.4) is 0 Å². The van der Waals surface area contributed by atoms with Crippen molar-refractivity contribution in [1.29, 1.82) is 0 Å². The summed E-state index contributed by atoms with van der Waals surface area (Å²) in [6.07, 6.45) is 1.68. The fraction of sp³-hybridized carbons (Fsp3) is 0.158.